The van der Waals surface area contributed by atoms with Gasteiger partial charge in [-0.15, -0.1) is 0 Å². The summed E-state index contributed by atoms with van der Waals surface area (Å²) in [6, 6.07) is 2.06. The SMILES string of the molecule is O=C(NCCc1ccsc1)C1(O)CCSCC1. The summed E-state index contributed by atoms with van der Waals surface area (Å²) in [5.41, 5.74) is 0.112. The van der Waals surface area contributed by atoms with Crippen molar-refractivity contribution in [1.82, 2.24) is 5.32 Å². The molecule has 1 saturated heterocycles. The van der Waals surface area contributed by atoms with Gasteiger partial charge in [0.25, 0.3) is 5.91 Å². The lowest BCUT2D eigenvalue weighted by molar-refractivity contribution is -0.140. The van der Waals surface area contributed by atoms with Gasteiger partial charge in [-0.25, -0.2) is 0 Å². The molecule has 1 aliphatic rings. The predicted molar refractivity (Wildman–Crippen MR) is 72.5 cm³/mol. The lowest BCUT2D eigenvalue weighted by Gasteiger charge is -2.30. The van der Waals surface area contributed by atoms with Crippen LogP contribution in [0.2, 0.25) is 0 Å². The first-order valence-electron chi connectivity index (χ1n) is 5.80. The van der Waals surface area contributed by atoms with Gasteiger partial charge in [0.05, 0.1) is 0 Å². The molecule has 0 unspecified atom stereocenters. The van der Waals surface area contributed by atoms with Crippen LogP contribution in [-0.2, 0) is 11.2 Å². The molecule has 1 amide bonds. The average Bonchev–Trinajstić information content (AvgIpc) is 2.83. The molecule has 1 aromatic heterocycles. The van der Waals surface area contributed by atoms with E-state index in [0.29, 0.717) is 19.4 Å². The Labute approximate surface area is 110 Å². The van der Waals surface area contributed by atoms with Crippen molar-refractivity contribution in [3.63, 3.8) is 0 Å². The highest BCUT2D eigenvalue weighted by atomic mass is 32.2. The second-order valence-electron chi connectivity index (χ2n) is 4.28. The van der Waals surface area contributed by atoms with E-state index >= 15 is 0 Å². The molecule has 94 valence electrons. The largest absolute Gasteiger partial charge is 0.380 e. The Hall–Kier alpha value is -0.520. The van der Waals surface area contributed by atoms with Crippen molar-refractivity contribution in [3.8, 4) is 0 Å². The van der Waals surface area contributed by atoms with Crippen LogP contribution in [-0.4, -0.2) is 34.7 Å². The molecule has 0 aromatic carbocycles. The Morgan fingerprint density at radius 3 is 2.88 bits per heavy atom. The third-order valence-electron chi connectivity index (χ3n) is 3.02. The molecule has 0 radical (unpaired) electrons. The van der Waals surface area contributed by atoms with E-state index in [9.17, 15) is 9.90 Å². The number of hydrogen-bond acceptors (Lipinski definition) is 4. The molecule has 0 spiro atoms. The summed E-state index contributed by atoms with van der Waals surface area (Å²) in [6.45, 7) is 0.602. The quantitative estimate of drug-likeness (QED) is 0.876. The molecular formula is C12H17NO2S2. The molecule has 2 heterocycles. The number of carbonyl (C=O) groups is 1. The van der Waals surface area contributed by atoms with Gasteiger partial charge in [0.2, 0.25) is 0 Å². The Kier molecular flexibility index (Phi) is 4.48. The second kappa shape index (κ2) is 5.89. The molecule has 0 bridgehead atoms. The van der Waals surface area contributed by atoms with Crippen molar-refractivity contribution in [2.45, 2.75) is 24.9 Å². The van der Waals surface area contributed by atoms with Gasteiger partial charge >= 0.3 is 0 Å². The minimum atomic E-state index is -1.13. The maximum atomic E-state index is 11.9. The zero-order valence-electron chi connectivity index (χ0n) is 9.65. The monoisotopic (exact) mass is 271 g/mol. The molecule has 1 fully saturated rings. The first-order valence-corrected chi connectivity index (χ1v) is 7.90. The first-order chi connectivity index (χ1) is 8.21. The van der Waals surface area contributed by atoms with Gasteiger partial charge in [0, 0.05) is 6.54 Å². The average molecular weight is 271 g/mol. The minimum absolute atomic E-state index is 0.201. The summed E-state index contributed by atoms with van der Waals surface area (Å²) in [5.74, 6) is 1.54. The molecule has 17 heavy (non-hydrogen) atoms. The number of rotatable bonds is 4. The topological polar surface area (TPSA) is 49.3 Å². The first kappa shape index (κ1) is 12.9. The van der Waals surface area contributed by atoms with Crippen molar-refractivity contribution in [1.29, 1.82) is 0 Å². The summed E-state index contributed by atoms with van der Waals surface area (Å²) in [6.07, 6.45) is 1.98. The van der Waals surface area contributed by atoms with Gasteiger partial charge in [-0.2, -0.15) is 23.1 Å². The standard InChI is InChI=1S/C12H17NO2S2/c14-11(12(15)3-7-16-8-4-12)13-5-1-10-2-6-17-9-10/h2,6,9,15H,1,3-5,7-8H2,(H,13,14). The lowest BCUT2D eigenvalue weighted by atomic mass is 9.96. The second-order valence-corrected chi connectivity index (χ2v) is 6.29. The summed E-state index contributed by atoms with van der Waals surface area (Å²) in [7, 11) is 0. The zero-order chi connectivity index (χ0) is 12.1. The minimum Gasteiger partial charge on any atom is -0.380 e. The van der Waals surface area contributed by atoms with Crippen LogP contribution in [0.4, 0.5) is 0 Å². The fourth-order valence-electron chi connectivity index (χ4n) is 1.86. The smallest absolute Gasteiger partial charge is 0.252 e. The molecule has 0 saturated carbocycles. The molecule has 0 atom stereocenters. The molecular weight excluding hydrogens is 254 g/mol. The van der Waals surface area contributed by atoms with Crippen molar-refractivity contribution < 1.29 is 9.90 Å². The van der Waals surface area contributed by atoms with Crippen molar-refractivity contribution in [3.05, 3.63) is 22.4 Å². The highest BCUT2D eigenvalue weighted by Gasteiger charge is 2.36. The number of amides is 1. The Morgan fingerprint density at radius 1 is 1.47 bits per heavy atom. The van der Waals surface area contributed by atoms with E-state index in [4.69, 9.17) is 0 Å². The van der Waals surface area contributed by atoms with E-state index in [1.807, 2.05) is 5.38 Å². The molecule has 2 N–H and O–H groups in total. The molecule has 3 nitrogen and oxygen atoms in total. The Morgan fingerprint density at radius 2 is 2.24 bits per heavy atom. The molecule has 0 aliphatic carbocycles. The Bertz CT molecular complexity index is 359. The van der Waals surface area contributed by atoms with Crippen LogP contribution in [0.1, 0.15) is 18.4 Å². The maximum Gasteiger partial charge on any atom is 0.252 e. The zero-order valence-corrected chi connectivity index (χ0v) is 11.3. The lowest BCUT2D eigenvalue weighted by Crippen LogP contribution is -2.49. The molecule has 2 rings (SSSR count). The van der Waals surface area contributed by atoms with E-state index in [2.05, 4.69) is 16.8 Å². The molecule has 1 aliphatic heterocycles. The van der Waals surface area contributed by atoms with E-state index < -0.39 is 5.60 Å². The third kappa shape index (κ3) is 3.47. The molecule has 5 heteroatoms. The van der Waals surface area contributed by atoms with Crippen molar-refractivity contribution >= 4 is 29.0 Å². The fourth-order valence-corrected chi connectivity index (χ4v) is 3.73. The number of aliphatic hydroxyl groups is 1. The van der Waals surface area contributed by atoms with Crippen LogP contribution >= 0.6 is 23.1 Å². The third-order valence-corrected chi connectivity index (χ3v) is 4.74. The summed E-state index contributed by atoms with van der Waals surface area (Å²) < 4.78 is 0. The van der Waals surface area contributed by atoms with Gasteiger partial charge in [-0.1, -0.05) is 0 Å². The van der Waals surface area contributed by atoms with Gasteiger partial charge < -0.3 is 10.4 Å². The maximum absolute atomic E-state index is 11.9. The van der Waals surface area contributed by atoms with Crippen LogP contribution in [0.25, 0.3) is 0 Å². The van der Waals surface area contributed by atoms with Gasteiger partial charge in [-0.05, 0) is 53.2 Å². The van der Waals surface area contributed by atoms with E-state index in [0.717, 1.165) is 17.9 Å². The number of nitrogens with one attached hydrogen (secondary N) is 1. The summed E-state index contributed by atoms with van der Waals surface area (Å²) >= 11 is 3.46. The normalized spacial score (nSPS) is 18.9. The summed E-state index contributed by atoms with van der Waals surface area (Å²) in [5, 5.41) is 17.1. The van der Waals surface area contributed by atoms with Crippen LogP contribution in [0.15, 0.2) is 16.8 Å². The number of thioether (sulfide) groups is 1. The van der Waals surface area contributed by atoms with Crippen LogP contribution in [0.5, 0.6) is 0 Å². The highest BCUT2D eigenvalue weighted by molar-refractivity contribution is 7.99. The Balaban J connectivity index is 1.76. The van der Waals surface area contributed by atoms with Crippen molar-refractivity contribution in [2.75, 3.05) is 18.1 Å². The van der Waals surface area contributed by atoms with E-state index in [1.54, 1.807) is 23.1 Å². The molecule has 1 aromatic rings. The van der Waals surface area contributed by atoms with Gasteiger partial charge in [0.15, 0.2) is 0 Å². The van der Waals surface area contributed by atoms with Crippen LogP contribution < -0.4 is 5.32 Å². The van der Waals surface area contributed by atoms with E-state index in [1.165, 1.54) is 5.56 Å². The highest BCUT2D eigenvalue weighted by Crippen LogP contribution is 2.26. The fraction of sp³-hybridized carbons (Fsp3) is 0.583. The van der Waals surface area contributed by atoms with Crippen LogP contribution in [0, 0.1) is 0 Å². The summed E-state index contributed by atoms with van der Waals surface area (Å²) in [4.78, 5) is 11.9. The van der Waals surface area contributed by atoms with Gasteiger partial charge in [0.1, 0.15) is 5.60 Å². The number of carbonyl (C=O) groups excluding carboxylic acids is 1. The van der Waals surface area contributed by atoms with Gasteiger partial charge in [-0.3, -0.25) is 4.79 Å². The number of hydrogen-bond donors (Lipinski definition) is 2. The number of thiophene rings is 1. The van der Waals surface area contributed by atoms with Crippen LogP contribution in [0.3, 0.4) is 0 Å². The van der Waals surface area contributed by atoms with E-state index in [-0.39, 0.29) is 5.91 Å². The van der Waals surface area contributed by atoms with Crippen molar-refractivity contribution in [2.24, 2.45) is 0 Å². The predicted octanol–water partition coefficient (Wildman–Crippen LogP) is 1.66.